The van der Waals surface area contributed by atoms with E-state index in [2.05, 4.69) is 66.9 Å². The molecule has 140 valence electrons. The van der Waals surface area contributed by atoms with Crippen LogP contribution in [-0.4, -0.2) is 45.9 Å². The van der Waals surface area contributed by atoms with Crippen molar-refractivity contribution in [2.75, 3.05) is 31.9 Å². The number of hydrogen-bond acceptors (Lipinski definition) is 5. The SMILES string of the molecule is CC(c1ccc(Br)cc1)N1CCN(Cc2nc(N)c3ccccc3n2)CC1. The molecular formula is C21H24BrN5. The number of anilines is 1. The summed E-state index contributed by atoms with van der Waals surface area (Å²) in [6.45, 7) is 7.14. The second-order valence-corrected chi connectivity index (χ2v) is 8.00. The molecule has 1 aliphatic rings. The first-order valence-electron chi connectivity index (χ1n) is 9.33. The van der Waals surface area contributed by atoms with Crippen molar-refractivity contribution in [3.8, 4) is 0 Å². The first kappa shape index (κ1) is 18.3. The van der Waals surface area contributed by atoms with Crippen molar-refractivity contribution >= 4 is 32.7 Å². The molecule has 2 aromatic carbocycles. The van der Waals surface area contributed by atoms with Gasteiger partial charge < -0.3 is 5.73 Å². The average Bonchev–Trinajstić information content (AvgIpc) is 2.69. The Morgan fingerprint density at radius 1 is 1.00 bits per heavy atom. The summed E-state index contributed by atoms with van der Waals surface area (Å²) in [6.07, 6.45) is 0. The van der Waals surface area contributed by atoms with E-state index in [4.69, 9.17) is 5.73 Å². The Morgan fingerprint density at radius 3 is 2.44 bits per heavy atom. The highest BCUT2D eigenvalue weighted by molar-refractivity contribution is 9.10. The summed E-state index contributed by atoms with van der Waals surface area (Å²) < 4.78 is 1.12. The minimum atomic E-state index is 0.424. The summed E-state index contributed by atoms with van der Waals surface area (Å²) in [7, 11) is 0. The third-order valence-corrected chi connectivity index (χ3v) is 5.88. The number of nitrogen functional groups attached to an aromatic ring is 1. The second kappa shape index (κ2) is 7.92. The van der Waals surface area contributed by atoms with Crippen molar-refractivity contribution in [1.82, 2.24) is 19.8 Å². The van der Waals surface area contributed by atoms with Crippen LogP contribution in [0.3, 0.4) is 0 Å². The smallest absolute Gasteiger partial charge is 0.145 e. The highest BCUT2D eigenvalue weighted by Crippen LogP contribution is 2.24. The average molecular weight is 426 g/mol. The molecule has 3 aromatic rings. The molecule has 2 heterocycles. The number of rotatable bonds is 4. The third kappa shape index (κ3) is 4.13. The van der Waals surface area contributed by atoms with Crippen molar-refractivity contribution in [2.24, 2.45) is 0 Å². The van der Waals surface area contributed by atoms with Gasteiger partial charge in [-0.2, -0.15) is 0 Å². The van der Waals surface area contributed by atoms with Crippen molar-refractivity contribution in [3.05, 3.63) is 64.4 Å². The number of hydrogen-bond donors (Lipinski definition) is 1. The van der Waals surface area contributed by atoms with Gasteiger partial charge in [0.2, 0.25) is 0 Å². The summed E-state index contributed by atoms with van der Waals surface area (Å²) in [5.41, 5.74) is 8.40. The van der Waals surface area contributed by atoms with E-state index in [9.17, 15) is 0 Å². The monoisotopic (exact) mass is 425 g/mol. The fraction of sp³-hybridized carbons (Fsp3) is 0.333. The number of fused-ring (bicyclic) bond motifs is 1. The van der Waals surface area contributed by atoms with Gasteiger partial charge in [-0.1, -0.05) is 40.2 Å². The molecule has 1 unspecified atom stereocenters. The van der Waals surface area contributed by atoms with E-state index in [0.717, 1.165) is 53.9 Å². The first-order valence-corrected chi connectivity index (χ1v) is 10.1. The van der Waals surface area contributed by atoms with Gasteiger partial charge in [-0.15, -0.1) is 0 Å². The number of para-hydroxylation sites is 1. The zero-order valence-electron chi connectivity index (χ0n) is 15.5. The van der Waals surface area contributed by atoms with E-state index in [1.165, 1.54) is 5.56 Å². The molecule has 2 N–H and O–H groups in total. The molecule has 1 fully saturated rings. The predicted molar refractivity (Wildman–Crippen MR) is 113 cm³/mol. The molecule has 1 saturated heterocycles. The van der Waals surface area contributed by atoms with Crippen LogP contribution in [0.4, 0.5) is 5.82 Å². The molecule has 27 heavy (non-hydrogen) atoms. The largest absolute Gasteiger partial charge is 0.383 e. The van der Waals surface area contributed by atoms with Crippen molar-refractivity contribution < 1.29 is 0 Å². The topological polar surface area (TPSA) is 58.3 Å². The maximum absolute atomic E-state index is 6.12. The lowest BCUT2D eigenvalue weighted by molar-refractivity contribution is 0.0963. The van der Waals surface area contributed by atoms with Crippen LogP contribution in [0.25, 0.3) is 10.9 Å². The molecule has 1 aromatic heterocycles. The Hall–Kier alpha value is -2.02. The molecule has 0 saturated carbocycles. The summed E-state index contributed by atoms with van der Waals surface area (Å²) in [4.78, 5) is 14.1. The molecule has 0 amide bonds. The van der Waals surface area contributed by atoms with Crippen LogP contribution in [0, 0.1) is 0 Å². The van der Waals surface area contributed by atoms with E-state index in [1.807, 2.05) is 24.3 Å². The highest BCUT2D eigenvalue weighted by atomic mass is 79.9. The molecule has 1 aliphatic heterocycles. The maximum Gasteiger partial charge on any atom is 0.145 e. The van der Waals surface area contributed by atoms with Crippen molar-refractivity contribution in [1.29, 1.82) is 0 Å². The Balaban J connectivity index is 1.39. The fourth-order valence-electron chi connectivity index (χ4n) is 3.68. The standard InChI is InChI=1S/C21H24BrN5/c1-15(16-6-8-17(22)9-7-16)27-12-10-26(11-13-27)14-20-24-19-5-3-2-4-18(19)21(23)25-20/h2-9,15H,10-14H2,1H3,(H2,23,24,25). The van der Waals surface area contributed by atoms with E-state index in [-0.39, 0.29) is 0 Å². The summed E-state index contributed by atoms with van der Waals surface area (Å²) in [6, 6.07) is 17.0. The van der Waals surface area contributed by atoms with Crippen molar-refractivity contribution in [3.63, 3.8) is 0 Å². The van der Waals surface area contributed by atoms with Gasteiger partial charge in [0.15, 0.2) is 0 Å². The molecular weight excluding hydrogens is 402 g/mol. The lowest BCUT2D eigenvalue weighted by Crippen LogP contribution is -2.46. The zero-order chi connectivity index (χ0) is 18.8. The Bertz CT molecular complexity index is 920. The van der Waals surface area contributed by atoms with Crippen LogP contribution >= 0.6 is 15.9 Å². The van der Waals surface area contributed by atoms with E-state index >= 15 is 0 Å². The number of nitrogens with zero attached hydrogens (tertiary/aromatic N) is 4. The number of nitrogens with two attached hydrogens (primary N) is 1. The fourth-order valence-corrected chi connectivity index (χ4v) is 3.95. The van der Waals surface area contributed by atoms with E-state index in [1.54, 1.807) is 0 Å². The minimum Gasteiger partial charge on any atom is -0.383 e. The molecule has 0 spiro atoms. The van der Waals surface area contributed by atoms with Crippen LogP contribution in [-0.2, 0) is 6.54 Å². The number of aromatic nitrogens is 2. The van der Waals surface area contributed by atoms with E-state index < -0.39 is 0 Å². The quantitative estimate of drug-likeness (QED) is 0.687. The molecule has 0 radical (unpaired) electrons. The molecule has 0 bridgehead atoms. The highest BCUT2D eigenvalue weighted by Gasteiger charge is 2.22. The second-order valence-electron chi connectivity index (χ2n) is 7.08. The van der Waals surface area contributed by atoms with Gasteiger partial charge in [-0.3, -0.25) is 9.80 Å². The van der Waals surface area contributed by atoms with Gasteiger partial charge in [0, 0.05) is 42.1 Å². The van der Waals surface area contributed by atoms with Crippen LogP contribution in [0.1, 0.15) is 24.4 Å². The van der Waals surface area contributed by atoms with E-state index in [0.29, 0.717) is 11.9 Å². The third-order valence-electron chi connectivity index (χ3n) is 5.35. The van der Waals surface area contributed by atoms with Gasteiger partial charge in [0.25, 0.3) is 0 Å². The molecule has 0 aliphatic carbocycles. The normalized spacial score (nSPS) is 17.3. The van der Waals surface area contributed by atoms with Gasteiger partial charge >= 0.3 is 0 Å². The van der Waals surface area contributed by atoms with Crippen LogP contribution in [0.15, 0.2) is 53.0 Å². The molecule has 1 atom stereocenters. The van der Waals surface area contributed by atoms with Crippen LogP contribution < -0.4 is 5.73 Å². The first-order chi connectivity index (χ1) is 13.1. The molecule has 5 nitrogen and oxygen atoms in total. The van der Waals surface area contributed by atoms with Gasteiger partial charge in [-0.25, -0.2) is 9.97 Å². The number of piperazine rings is 1. The minimum absolute atomic E-state index is 0.424. The van der Waals surface area contributed by atoms with Crippen LogP contribution in [0.5, 0.6) is 0 Å². The Labute approximate surface area is 168 Å². The molecule has 4 rings (SSSR count). The lowest BCUT2D eigenvalue weighted by atomic mass is 10.1. The Kier molecular flexibility index (Phi) is 5.38. The van der Waals surface area contributed by atoms with Gasteiger partial charge in [0.05, 0.1) is 12.1 Å². The zero-order valence-corrected chi connectivity index (χ0v) is 17.1. The summed E-state index contributed by atoms with van der Waals surface area (Å²) >= 11 is 3.51. The summed E-state index contributed by atoms with van der Waals surface area (Å²) in [5, 5.41) is 0.925. The Morgan fingerprint density at radius 2 is 1.70 bits per heavy atom. The number of benzene rings is 2. The predicted octanol–water partition coefficient (Wildman–Crippen LogP) is 3.85. The van der Waals surface area contributed by atoms with Crippen molar-refractivity contribution in [2.45, 2.75) is 19.5 Å². The van der Waals surface area contributed by atoms with Gasteiger partial charge in [0.1, 0.15) is 11.6 Å². The van der Waals surface area contributed by atoms with Gasteiger partial charge in [-0.05, 0) is 36.8 Å². The molecule has 6 heteroatoms. The van der Waals surface area contributed by atoms with Crippen LogP contribution in [0.2, 0.25) is 0 Å². The summed E-state index contributed by atoms with van der Waals surface area (Å²) in [5.74, 6) is 1.37. The maximum atomic E-state index is 6.12. The number of halogens is 1. The lowest BCUT2D eigenvalue weighted by Gasteiger charge is -2.38.